The van der Waals surface area contributed by atoms with Gasteiger partial charge in [-0.1, -0.05) is 43.0 Å². The number of benzene rings is 2. The van der Waals surface area contributed by atoms with Gasteiger partial charge in [-0.2, -0.15) is 5.10 Å². The number of amides is 1. The highest BCUT2D eigenvalue weighted by Crippen LogP contribution is 2.28. The number of carbonyl (C=O) groups is 1. The summed E-state index contributed by atoms with van der Waals surface area (Å²) in [6.07, 6.45) is 5.41. The van der Waals surface area contributed by atoms with Gasteiger partial charge in [0, 0.05) is 30.9 Å². The molecule has 2 aromatic carbocycles. The van der Waals surface area contributed by atoms with Gasteiger partial charge in [0.25, 0.3) is 5.91 Å². The fourth-order valence-electron chi connectivity index (χ4n) is 2.98. The van der Waals surface area contributed by atoms with Gasteiger partial charge in [0.1, 0.15) is 6.61 Å². The number of rotatable bonds is 9. The molecule has 1 heterocycles. The number of ether oxygens (including phenoxy) is 2. The molecule has 3 aromatic rings. The molecule has 1 aromatic heterocycles. The lowest BCUT2D eigenvalue weighted by molar-refractivity contribution is 0.0784. The molecular formula is C23H25N3O3. The third-order valence-corrected chi connectivity index (χ3v) is 4.41. The van der Waals surface area contributed by atoms with E-state index in [-0.39, 0.29) is 5.91 Å². The first-order valence-corrected chi connectivity index (χ1v) is 9.33. The van der Waals surface area contributed by atoms with Crippen LogP contribution in [0.5, 0.6) is 11.5 Å². The number of nitrogens with zero attached hydrogens (tertiary/aromatic N) is 3. The molecule has 6 nitrogen and oxygen atoms in total. The SMILES string of the molecule is C=CCOc1ccc(C(=O)N(C)Cc2cnn(Cc3ccccc3)c2)cc1OC. The molecule has 0 radical (unpaired) electrons. The smallest absolute Gasteiger partial charge is 0.254 e. The average molecular weight is 391 g/mol. The Hall–Kier alpha value is -3.54. The zero-order valence-corrected chi connectivity index (χ0v) is 16.7. The minimum Gasteiger partial charge on any atom is -0.493 e. The lowest BCUT2D eigenvalue weighted by Gasteiger charge is -2.17. The van der Waals surface area contributed by atoms with E-state index in [1.165, 1.54) is 5.56 Å². The van der Waals surface area contributed by atoms with Gasteiger partial charge >= 0.3 is 0 Å². The van der Waals surface area contributed by atoms with E-state index in [1.807, 2.05) is 29.1 Å². The molecule has 0 bridgehead atoms. The van der Waals surface area contributed by atoms with Crippen LogP contribution >= 0.6 is 0 Å². The molecule has 0 fully saturated rings. The van der Waals surface area contributed by atoms with E-state index in [4.69, 9.17) is 9.47 Å². The lowest BCUT2D eigenvalue weighted by atomic mass is 10.1. The van der Waals surface area contributed by atoms with Crippen LogP contribution in [0.1, 0.15) is 21.5 Å². The summed E-state index contributed by atoms with van der Waals surface area (Å²) in [5.41, 5.74) is 2.68. The van der Waals surface area contributed by atoms with E-state index in [1.54, 1.807) is 49.5 Å². The van der Waals surface area contributed by atoms with E-state index in [9.17, 15) is 4.79 Å². The minimum absolute atomic E-state index is 0.102. The third-order valence-electron chi connectivity index (χ3n) is 4.41. The van der Waals surface area contributed by atoms with Crippen LogP contribution in [0.15, 0.2) is 73.6 Å². The summed E-state index contributed by atoms with van der Waals surface area (Å²) < 4.78 is 12.8. The highest BCUT2D eigenvalue weighted by molar-refractivity contribution is 5.94. The molecular weight excluding hydrogens is 366 g/mol. The molecule has 0 spiro atoms. The van der Waals surface area contributed by atoms with E-state index in [0.29, 0.717) is 36.8 Å². The first-order chi connectivity index (χ1) is 14.1. The minimum atomic E-state index is -0.102. The van der Waals surface area contributed by atoms with Crippen molar-refractivity contribution < 1.29 is 14.3 Å². The Morgan fingerprint density at radius 2 is 1.97 bits per heavy atom. The van der Waals surface area contributed by atoms with E-state index >= 15 is 0 Å². The molecule has 0 saturated carbocycles. The van der Waals surface area contributed by atoms with Crippen LogP contribution in [0.2, 0.25) is 0 Å². The van der Waals surface area contributed by atoms with Gasteiger partial charge in [0.05, 0.1) is 19.9 Å². The maximum Gasteiger partial charge on any atom is 0.254 e. The summed E-state index contributed by atoms with van der Waals surface area (Å²) in [6.45, 7) is 5.16. The van der Waals surface area contributed by atoms with Crippen LogP contribution in [-0.2, 0) is 13.1 Å². The van der Waals surface area contributed by atoms with Gasteiger partial charge in [-0.15, -0.1) is 0 Å². The molecule has 0 unspecified atom stereocenters. The van der Waals surface area contributed by atoms with E-state index < -0.39 is 0 Å². The van der Waals surface area contributed by atoms with Crippen molar-refractivity contribution in [3.63, 3.8) is 0 Å². The molecule has 0 aliphatic heterocycles. The first kappa shape index (κ1) is 20.2. The van der Waals surface area contributed by atoms with Crippen LogP contribution in [0.25, 0.3) is 0 Å². The summed E-state index contributed by atoms with van der Waals surface area (Å²) in [7, 11) is 3.32. The van der Waals surface area contributed by atoms with Crippen molar-refractivity contribution in [3.8, 4) is 11.5 Å². The largest absolute Gasteiger partial charge is 0.493 e. The summed E-state index contributed by atoms with van der Waals surface area (Å²) >= 11 is 0. The molecule has 0 saturated heterocycles. The number of methoxy groups -OCH3 is 1. The number of aromatic nitrogens is 2. The number of hydrogen-bond acceptors (Lipinski definition) is 4. The molecule has 0 aliphatic carbocycles. The maximum atomic E-state index is 12.8. The third kappa shape index (κ3) is 5.25. The Bertz CT molecular complexity index is 967. The van der Waals surface area contributed by atoms with Crippen molar-refractivity contribution in [2.75, 3.05) is 20.8 Å². The maximum absolute atomic E-state index is 12.8. The fraction of sp³-hybridized carbons (Fsp3) is 0.217. The monoisotopic (exact) mass is 391 g/mol. The highest BCUT2D eigenvalue weighted by Gasteiger charge is 2.16. The number of hydrogen-bond donors (Lipinski definition) is 0. The Morgan fingerprint density at radius 3 is 2.69 bits per heavy atom. The summed E-state index contributed by atoms with van der Waals surface area (Å²) in [6, 6.07) is 15.3. The predicted molar refractivity (Wildman–Crippen MR) is 112 cm³/mol. The van der Waals surface area contributed by atoms with Crippen molar-refractivity contribution in [1.82, 2.24) is 14.7 Å². The molecule has 150 valence electrons. The highest BCUT2D eigenvalue weighted by atomic mass is 16.5. The average Bonchev–Trinajstić information content (AvgIpc) is 3.18. The second kappa shape index (κ2) is 9.59. The van der Waals surface area contributed by atoms with Gasteiger partial charge in [-0.25, -0.2) is 0 Å². The second-order valence-corrected chi connectivity index (χ2v) is 6.66. The van der Waals surface area contributed by atoms with Crippen LogP contribution in [0.3, 0.4) is 0 Å². The van der Waals surface area contributed by atoms with Crippen LogP contribution in [0, 0.1) is 0 Å². The molecule has 1 amide bonds. The summed E-state index contributed by atoms with van der Waals surface area (Å²) in [5.74, 6) is 0.991. The van der Waals surface area contributed by atoms with E-state index in [0.717, 1.165) is 5.56 Å². The quantitative estimate of drug-likeness (QED) is 0.521. The van der Waals surface area contributed by atoms with Gasteiger partial charge in [0.2, 0.25) is 0 Å². The zero-order valence-electron chi connectivity index (χ0n) is 16.7. The van der Waals surface area contributed by atoms with Crippen LogP contribution in [-0.4, -0.2) is 41.4 Å². The Morgan fingerprint density at radius 1 is 1.17 bits per heavy atom. The Labute approximate surface area is 171 Å². The van der Waals surface area contributed by atoms with Gasteiger partial charge in [0.15, 0.2) is 11.5 Å². The first-order valence-electron chi connectivity index (χ1n) is 9.33. The lowest BCUT2D eigenvalue weighted by Crippen LogP contribution is -2.26. The molecule has 0 atom stereocenters. The standard InChI is InChI=1S/C23H25N3O3/c1-4-12-29-21-11-10-20(13-22(21)28-3)23(27)25(2)15-19-14-24-26(17-19)16-18-8-6-5-7-9-18/h4-11,13-14,17H,1,12,15-16H2,2-3H3. The van der Waals surface area contributed by atoms with Gasteiger partial charge in [-0.05, 0) is 23.8 Å². The molecule has 0 aliphatic rings. The topological polar surface area (TPSA) is 56.6 Å². The fourth-order valence-corrected chi connectivity index (χ4v) is 2.98. The summed E-state index contributed by atoms with van der Waals surface area (Å²) in [4.78, 5) is 14.5. The van der Waals surface area contributed by atoms with Crippen molar-refractivity contribution >= 4 is 5.91 Å². The Balaban J connectivity index is 1.65. The normalized spacial score (nSPS) is 10.4. The zero-order chi connectivity index (χ0) is 20.6. The van der Waals surface area contributed by atoms with Crippen molar-refractivity contribution in [2.45, 2.75) is 13.1 Å². The van der Waals surface area contributed by atoms with Crippen molar-refractivity contribution in [2.24, 2.45) is 0 Å². The predicted octanol–water partition coefficient (Wildman–Crippen LogP) is 3.78. The van der Waals surface area contributed by atoms with Gasteiger partial charge < -0.3 is 14.4 Å². The molecule has 6 heteroatoms. The second-order valence-electron chi connectivity index (χ2n) is 6.66. The molecule has 0 N–H and O–H groups in total. The van der Waals surface area contributed by atoms with Crippen LogP contribution in [0.4, 0.5) is 0 Å². The van der Waals surface area contributed by atoms with Crippen molar-refractivity contribution in [1.29, 1.82) is 0 Å². The van der Waals surface area contributed by atoms with Crippen molar-refractivity contribution in [3.05, 3.63) is 90.3 Å². The Kier molecular flexibility index (Phi) is 6.68. The molecule has 29 heavy (non-hydrogen) atoms. The van der Waals surface area contributed by atoms with Crippen LogP contribution < -0.4 is 9.47 Å². The molecule has 3 rings (SSSR count). The summed E-state index contributed by atoms with van der Waals surface area (Å²) in [5, 5.41) is 4.40. The number of carbonyl (C=O) groups excluding carboxylic acids is 1. The van der Waals surface area contributed by atoms with E-state index in [2.05, 4.69) is 23.8 Å². The van der Waals surface area contributed by atoms with Gasteiger partial charge in [-0.3, -0.25) is 9.48 Å².